The molecular formula is C26H32N2O5. The topological polar surface area (TPSA) is 84.9 Å². The number of nitrogens with zero attached hydrogens (tertiary/aromatic N) is 1. The van der Waals surface area contributed by atoms with Crippen LogP contribution in [0.1, 0.15) is 52.0 Å². The third-order valence-corrected chi connectivity index (χ3v) is 6.10. The van der Waals surface area contributed by atoms with Gasteiger partial charge >= 0.3 is 0 Å². The molecule has 1 N–H and O–H groups in total. The van der Waals surface area contributed by atoms with Crippen molar-refractivity contribution in [2.45, 2.75) is 32.6 Å². The predicted molar refractivity (Wildman–Crippen MR) is 126 cm³/mol. The molecule has 33 heavy (non-hydrogen) atoms. The lowest BCUT2D eigenvalue weighted by molar-refractivity contribution is -0.132. The van der Waals surface area contributed by atoms with Gasteiger partial charge in [-0.3, -0.25) is 14.4 Å². The fourth-order valence-corrected chi connectivity index (χ4v) is 3.97. The van der Waals surface area contributed by atoms with Crippen LogP contribution in [-0.4, -0.2) is 56.4 Å². The average Bonchev–Trinajstić information content (AvgIpc) is 2.85. The van der Waals surface area contributed by atoms with E-state index >= 15 is 0 Å². The number of rotatable bonds is 9. The zero-order valence-electron chi connectivity index (χ0n) is 19.6. The van der Waals surface area contributed by atoms with Crippen molar-refractivity contribution in [2.24, 2.45) is 5.92 Å². The molecule has 0 bridgehead atoms. The first kappa shape index (κ1) is 24.3. The van der Waals surface area contributed by atoms with E-state index in [0.29, 0.717) is 48.2 Å². The fourth-order valence-electron chi connectivity index (χ4n) is 3.97. The number of carbonyl (C=O) groups excluding carboxylic acids is 3. The summed E-state index contributed by atoms with van der Waals surface area (Å²) < 4.78 is 10.5. The van der Waals surface area contributed by atoms with Crippen LogP contribution in [0.5, 0.6) is 11.5 Å². The molecule has 1 fully saturated rings. The number of aryl methyl sites for hydroxylation is 1. The minimum atomic E-state index is -0.163. The molecule has 0 aliphatic carbocycles. The number of benzene rings is 2. The highest BCUT2D eigenvalue weighted by Crippen LogP contribution is 2.27. The van der Waals surface area contributed by atoms with Crippen molar-refractivity contribution in [1.82, 2.24) is 10.2 Å². The lowest BCUT2D eigenvalue weighted by Gasteiger charge is -2.32. The van der Waals surface area contributed by atoms with E-state index in [1.54, 1.807) is 25.3 Å². The van der Waals surface area contributed by atoms with E-state index in [9.17, 15) is 14.4 Å². The molecule has 0 saturated carbocycles. The molecule has 0 spiro atoms. The third-order valence-electron chi connectivity index (χ3n) is 6.10. The number of amides is 2. The maximum absolute atomic E-state index is 12.5. The van der Waals surface area contributed by atoms with Gasteiger partial charge in [0.1, 0.15) is 0 Å². The summed E-state index contributed by atoms with van der Waals surface area (Å²) in [6, 6.07) is 12.5. The number of ether oxygens (including phenoxy) is 2. The summed E-state index contributed by atoms with van der Waals surface area (Å²) in [5, 5.41) is 2.98. The smallest absolute Gasteiger partial charge is 0.251 e. The Morgan fingerprint density at radius 3 is 2.18 bits per heavy atom. The van der Waals surface area contributed by atoms with E-state index in [-0.39, 0.29) is 30.4 Å². The van der Waals surface area contributed by atoms with Crippen molar-refractivity contribution in [1.29, 1.82) is 0 Å². The molecule has 1 saturated heterocycles. The van der Waals surface area contributed by atoms with Crippen LogP contribution in [0.2, 0.25) is 0 Å². The first-order valence-electron chi connectivity index (χ1n) is 11.3. The lowest BCUT2D eigenvalue weighted by Crippen LogP contribution is -2.41. The Hall–Kier alpha value is -3.35. The summed E-state index contributed by atoms with van der Waals surface area (Å²) in [5.74, 6) is 1.25. The van der Waals surface area contributed by atoms with Crippen LogP contribution in [0, 0.1) is 12.8 Å². The predicted octanol–water partition coefficient (Wildman–Crippen LogP) is 3.64. The second kappa shape index (κ2) is 11.5. The fraction of sp³-hybridized carbons (Fsp3) is 0.423. The number of hydrogen-bond acceptors (Lipinski definition) is 5. The van der Waals surface area contributed by atoms with E-state index in [1.807, 2.05) is 36.1 Å². The lowest BCUT2D eigenvalue weighted by atomic mass is 9.96. The van der Waals surface area contributed by atoms with E-state index < -0.39 is 0 Å². The molecule has 0 atom stereocenters. The quantitative estimate of drug-likeness (QED) is 0.587. The highest BCUT2D eigenvalue weighted by atomic mass is 16.5. The Morgan fingerprint density at radius 1 is 0.909 bits per heavy atom. The normalized spacial score (nSPS) is 14.0. The van der Waals surface area contributed by atoms with Gasteiger partial charge < -0.3 is 19.7 Å². The van der Waals surface area contributed by atoms with E-state index in [4.69, 9.17) is 9.47 Å². The summed E-state index contributed by atoms with van der Waals surface area (Å²) in [4.78, 5) is 39.2. The minimum Gasteiger partial charge on any atom is -0.493 e. The van der Waals surface area contributed by atoms with Crippen molar-refractivity contribution < 1.29 is 23.9 Å². The molecule has 7 nitrogen and oxygen atoms in total. The highest BCUT2D eigenvalue weighted by molar-refractivity contribution is 5.98. The van der Waals surface area contributed by atoms with Crippen LogP contribution in [-0.2, 0) is 4.79 Å². The van der Waals surface area contributed by atoms with Crippen molar-refractivity contribution in [3.8, 4) is 11.5 Å². The zero-order chi connectivity index (χ0) is 23.8. The molecule has 0 radical (unpaired) electrons. The Kier molecular flexibility index (Phi) is 8.46. The Bertz CT molecular complexity index is 979. The molecule has 1 aliphatic rings. The number of methoxy groups -OCH3 is 2. The first-order chi connectivity index (χ1) is 15.9. The number of carbonyl (C=O) groups is 3. The van der Waals surface area contributed by atoms with Crippen LogP contribution in [0.4, 0.5) is 0 Å². The minimum absolute atomic E-state index is 0.00360. The van der Waals surface area contributed by atoms with Crippen LogP contribution in [0.3, 0.4) is 0 Å². The molecule has 2 aromatic rings. The van der Waals surface area contributed by atoms with Crippen molar-refractivity contribution in [3.63, 3.8) is 0 Å². The van der Waals surface area contributed by atoms with Crippen molar-refractivity contribution >= 4 is 17.6 Å². The molecule has 2 amide bonds. The second-order valence-electron chi connectivity index (χ2n) is 8.39. The summed E-state index contributed by atoms with van der Waals surface area (Å²) in [5.41, 5.74) is 2.27. The van der Waals surface area contributed by atoms with E-state index in [1.165, 1.54) is 7.11 Å². The molecule has 1 aliphatic heterocycles. The van der Waals surface area contributed by atoms with Gasteiger partial charge in [-0.05, 0) is 43.9 Å². The summed E-state index contributed by atoms with van der Waals surface area (Å²) >= 11 is 0. The number of Topliss-reactive ketones (excluding diaryl/α,β-unsaturated/α-hetero) is 1. The van der Waals surface area contributed by atoms with E-state index in [2.05, 4.69) is 5.32 Å². The Morgan fingerprint density at radius 2 is 1.55 bits per heavy atom. The number of hydrogen-bond donors (Lipinski definition) is 1. The average molecular weight is 453 g/mol. The highest BCUT2D eigenvalue weighted by Gasteiger charge is 2.24. The molecule has 2 aromatic carbocycles. The van der Waals surface area contributed by atoms with Crippen molar-refractivity contribution in [2.75, 3.05) is 33.9 Å². The van der Waals surface area contributed by atoms with Gasteiger partial charge in [-0.15, -0.1) is 0 Å². The molecule has 0 unspecified atom stereocenters. The summed E-state index contributed by atoms with van der Waals surface area (Å²) in [6.07, 6.45) is 2.10. The van der Waals surface area contributed by atoms with Gasteiger partial charge in [0.25, 0.3) is 5.91 Å². The zero-order valence-corrected chi connectivity index (χ0v) is 19.6. The monoisotopic (exact) mass is 452 g/mol. The molecule has 176 valence electrons. The standard InChI is InChI=1S/C26H32N2O5/c1-18-4-6-20(7-5-18)22(29)9-11-25(30)28-14-12-19(13-15-28)17-27-26(31)21-8-10-23(32-2)24(16-21)33-3/h4-8,10,16,19H,9,11-15,17H2,1-3H3,(H,27,31). The number of nitrogens with one attached hydrogen (secondary N) is 1. The molecule has 1 heterocycles. The maximum Gasteiger partial charge on any atom is 0.251 e. The SMILES string of the molecule is COc1ccc(C(=O)NCC2CCN(C(=O)CCC(=O)c3ccc(C)cc3)CC2)cc1OC. The van der Waals surface area contributed by atoms with Gasteiger partial charge in [0.15, 0.2) is 17.3 Å². The Labute approximate surface area is 195 Å². The van der Waals surface area contributed by atoms with Gasteiger partial charge in [0.05, 0.1) is 14.2 Å². The molecule has 0 aromatic heterocycles. The largest absolute Gasteiger partial charge is 0.493 e. The van der Waals surface area contributed by atoms with E-state index in [0.717, 1.165) is 18.4 Å². The van der Waals surface area contributed by atoms with Crippen LogP contribution in [0.25, 0.3) is 0 Å². The van der Waals surface area contributed by atoms with Crippen LogP contribution < -0.4 is 14.8 Å². The molecular weight excluding hydrogens is 420 g/mol. The number of ketones is 1. The van der Waals surface area contributed by atoms with Crippen LogP contribution in [0.15, 0.2) is 42.5 Å². The maximum atomic E-state index is 12.5. The summed E-state index contributed by atoms with van der Waals surface area (Å²) in [6.45, 7) is 3.83. The third kappa shape index (κ3) is 6.57. The first-order valence-corrected chi connectivity index (χ1v) is 11.3. The van der Waals surface area contributed by atoms with Gasteiger partial charge in [-0.2, -0.15) is 0 Å². The van der Waals surface area contributed by atoms with Crippen LogP contribution >= 0.6 is 0 Å². The van der Waals surface area contributed by atoms with Gasteiger partial charge in [0.2, 0.25) is 5.91 Å². The summed E-state index contributed by atoms with van der Waals surface area (Å²) in [7, 11) is 3.09. The second-order valence-corrected chi connectivity index (χ2v) is 8.39. The van der Waals surface area contributed by atoms with Gasteiger partial charge in [0, 0.05) is 43.6 Å². The van der Waals surface area contributed by atoms with Gasteiger partial charge in [-0.25, -0.2) is 0 Å². The number of likely N-dealkylation sites (tertiary alicyclic amines) is 1. The van der Waals surface area contributed by atoms with Crippen molar-refractivity contribution in [3.05, 3.63) is 59.2 Å². The molecule has 3 rings (SSSR count). The Balaban J connectivity index is 1.40. The number of piperidine rings is 1. The van der Waals surface area contributed by atoms with Gasteiger partial charge in [-0.1, -0.05) is 29.8 Å². The molecule has 7 heteroatoms.